The number of ketones is 2. The average molecular weight is 505 g/mol. The van der Waals surface area contributed by atoms with Gasteiger partial charge >= 0.3 is 5.97 Å². The highest BCUT2D eigenvalue weighted by atomic mass is 32.2. The van der Waals surface area contributed by atoms with Crippen molar-refractivity contribution in [1.82, 2.24) is 0 Å². The minimum atomic E-state index is -3.58. The van der Waals surface area contributed by atoms with Gasteiger partial charge in [-0.3, -0.25) is 14.4 Å². The van der Waals surface area contributed by atoms with Gasteiger partial charge in [-0.2, -0.15) is 0 Å². The molecule has 0 heterocycles. The van der Waals surface area contributed by atoms with E-state index in [1.807, 2.05) is 6.92 Å². The molecule has 2 rings (SSSR count). The number of carbonyl (C=O) groups is 3. The number of unbranched alkanes of at least 4 members (excludes halogenated alkanes) is 1. The molecule has 0 aliphatic heterocycles. The number of carboxylic acids is 1. The van der Waals surface area contributed by atoms with Crippen LogP contribution < -0.4 is 4.74 Å². The van der Waals surface area contributed by atoms with Crippen molar-refractivity contribution in [2.75, 3.05) is 12.4 Å². The minimum Gasteiger partial charge on any atom is -0.507 e. The fourth-order valence-corrected chi connectivity index (χ4v) is 4.92. The van der Waals surface area contributed by atoms with Gasteiger partial charge in [-0.25, -0.2) is 8.42 Å². The van der Waals surface area contributed by atoms with Crippen LogP contribution in [0.3, 0.4) is 0 Å². The van der Waals surface area contributed by atoms with E-state index in [1.165, 1.54) is 37.3 Å². The molecule has 35 heavy (non-hydrogen) atoms. The molecule has 2 N–H and O–H groups in total. The molecule has 0 unspecified atom stereocenters. The summed E-state index contributed by atoms with van der Waals surface area (Å²) >= 11 is 0. The molecule has 8 nitrogen and oxygen atoms in total. The summed E-state index contributed by atoms with van der Waals surface area (Å²) in [6.45, 7) is 3.43. The molecular formula is C26H32O8S. The molecule has 0 aliphatic carbocycles. The van der Waals surface area contributed by atoms with Crippen LogP contribution in [-0.2, 0) is 21.1 Å². The number of ether oxygens (including phenoxy) is 1. The zero-order chi connectivity index (χ0) is 26.0. The van der Waals surface area contributed by atoms with Gasteiger partial charge in [0, 0.05) is 24.0 Å². The van der Waals surface area contributed by atoms with E-state index in [0.29, 0.717) is 36.1 Å². The number of sulfone groups is 1. The third kappa shape index (κ3) is 8.20. The van der Waals surface area contributed by atoms with Crippen LogP contribution in [0, 0.1) is 0 Å². The number of aliphatic carboxylic acids is 1. The predicted molar refractivity (Wildman–Crippen MR) is 131 cm³/mol. The maximum Gasteiger partial charge on any atom is 0.303 e. The highest BCUT2D eigenvalue weighted by Crippen LogP contribution is 2.33. The molecule has 9 heteroatoms. The second kappa shape index (κ2) is 13.0. The Kier molecular flexibility index (Phi) is 10.4. The first-order valence-electron chi connectivity index (χ1n) is 11.6. The van der Waals surface area contributed by atoms with E-state index in [-0.39, 0.29) is 59.4 Å². The molecule has 0 fully saturated rings. The lowest BCUT2D eigenvalue weighted by Gasteiger charge is -2.14. The third-order valence-corrected chi connectivity index (χ3v) is 7.33. The summed E-state index contributed by atoms with van der Waals surface area (Å²) in [6.07, 6.45) is 2.56. The Morgan fingerprint density at radius 3 is 2.20 bits per heavy atom. The molecule has 0 saturated carbocycles. The Morgan fingerprint density at radius 1 is 0.943 bits per heavy atom. The molecule has 0 bridgehead atoms. The van der Waals surface area contributed by atoms with Crippen molar-refractivity contribution in [2.24, 2.45) is 0 Å². The summed E-state index contributed by atoms with van der Waals surface area (Å²) in [7, 11) is -3.58. The molecule has 0 aliphatic rings. The number of rotatable bonds is 15. The summed E-state index contributed by atoms with van der Waals surface area (Å²) in [5, 5.41) is 19.0. The highest BCUT2D eigenvalue weighted by Gasteiger charge is 2.18. The largest absolute Gasteiger partial charge is 0.507 e. The quantitative estimate of drug-likeness (QED) is 0.265. The van der Waals surface area contributed by atoms with E-state index in [9.17, 15) is 27.9 Å². The third-order valence-electron chi connectivity index (χ3n) is 5.51. The Labute approximate surface area is 205 Å². The number of phenolic OH excluding ortho intramolecular Hbond substituents is 1. The molecule has 0 saturated heterocycles. The second-order valence-corrected chi connectivity index (χ2v) is 10.4. The lowest BCUT2D eigenvalue weighted by atomic mass is 10.0. The second-order valence-electron chi connectivity index (χ2n) is 8.31. The van der Waals surface area contributed by atoms with Gasteiger partial charge in [0.05, 0.1) is 22.8 Å². The molecular weight excluding hydrogens is 472 g/mol. The first-order chi connectivity index (χ1) is 16.6. The fraction of sp³-hybridized carbons (Fsp3) is 0.423. The minimum absolute atomic E-state index is 0.0129. The predicted octanol–water partition coefficient (Wildman–Crippen LogP) is 4.62. The molecule has 0 amide bonds. The van der Waals surface area contributed by atoms with Crippen LogP contribution in [0.2, 0.25) is 0 Å². The van der Waals surface area contributed by atoms with Crippen molar-refractivity contribution in [1.29, 1.82) is 0 Å². The van der Waals surface area contributed by atoms with Crippen LogP contribution in [0.5, 0.6) is 11.5 Å². The lowest BCUT2D eigenvalue weighted by Crippen LogP contribution is -2.11. The standard InChI is InChI=1S/C26H32O8S/c1-3-7-22-24(15-14-21(18(2)27)26(22)31)34-16-6-17-35(32,33)20-12-10-19(11-13-20)23(28)8-4-5-9-25(29)30/h10-15,31H,3-9,16-17H2,1-2H3,(H,29,30). The highest BCUT2D eigenvalue weighted by molar-refractivity contribution is 7.91. The molecule has 2 aromatic carbocycles. The van der Waals surface area contributed by atoms with Gasteiger partial charge in [0.2, 0.25) is 0 Å². The number of carboxylic acid groups (broad SMARTS) is 1. The van der Waals surface area contributed by atoms with Crippen molar-refractivity contribution >= 4 is 27.4 Å². The monoisotopic (exact) mass is 504 g/mol. The zero-order valence-corrected chi connectivity index (χ0v) is 20.9. The number of carbonyl (C=O) groups excluding carboxylic acids is 2. The first-order valence-corrected chi connectivity index (χ1v) is 13.3. The normalized spacial score (nSPS) is 11.3. The fourth-order valence-electron chi connectivity index (χ4n) is 3.63. The lowest BCUT2D eigenvalue weighted by molar-refractivity contribution is -0.137. The summed E-state index contributed by atoms with van der Waals surface area (Å²) in [4.78, 5) is 34.5. The van der Waals surface area contributed by atoms with Crippen molar-refractivity contribution in [3.8, 4) is 11.5 Å². The maximum absolute atomic E-state index is 12.7. The number of aromatic hydroxyl groups is 1. The molecule has 0 spiro atoms. The zero-order valence-electron chi connectivity index (χ0n) is 20.1. The Bertz CT molecular complexity index is 1150. The molecule has 190 valence electrons. The van der Waals surface area contributed by atoms with Crippen molar-refractivity contribution in [3.63, 3.8) is 0 Å². The first kappa shape index (κ1) is 28.0. The van der Waals surface area contributed by atoms with Gasteiger partial charge < -0.3 is 14.9 Å². The van der Waals surface area contributed by atoms with Gasteiger partial charge in [-0.1, -0.05) is 25.5 Å². The van der Waals surface area contributed by atoms with Crippen molar-refractivity contribution in [2.45, 2.75) is 63.7 Å². The van der Waals surface area contributed by atoms with E-state index in [2.05, 4.69) is 0 Å². The smallest absolute Gasteiger partial charge is 0.303 e. The van der Waals surface area contributed by atoms with E-state index in [1.54, 1.807) is 6.07 Å². The van der Waals surface area contributed by atoms with Gasteiger partial charge in [0.25, 0.3) is 0 Å². The van der Waals surface area contributed by atoms with E-state index in [4.69, 9.17) is 9.84 Å². The topological polar surface area (TPSA) is 135 Å². The summed E-state index contributed by atoms with van der Waals surface area (Å²) < 4.78 is 31.1. The van der Waals surface area contributed by atoms with E-state index in [0.717, 1.165) is 6.42 Å². The van der Waals surface area contributed by atoms with Crippen molar-refractivity contribution < 1.29 is 37.8 Å². The Morgan fingerprint density at radius 2 is 1.60 bits per heavy atom. The van der Waals surface area contributed by atoms with Crippen molar-refractivity contribution in [3.05, 3.63) is 53.1 Å². The van der Waals surface area contributed by atoms with E-state index < -0.39 is 15.8 Å². The Balaban J connectivity index is 1.93. The van der Waals surface area contributed by atoms with Gasteiger partial charge in [0.1, 0.15) is 11.5 Å². The number of hydrogen-bond donors (Lipinski definition) is 2. The number of phenols is 1. The van der Waals surface area contributed by atoms with Crippen LogP contribution in [0.4, 0.5) is 0 Å². The Hall–Kier alpha value is -3.20. The van der Waals surface area contributed by atoms with Crippen LogP contribution in [0.15, 0.2) is 41.3 Å². The molecule has 0 aromatic heterocycles. The van der Waals surface area contributed by atoms with Gasteiger partial charge in [-0.15, -0.1) is 0 Å². The van der Waals surface area contributed by atoms with Gasteiger partial charge in [0.15, 0.2) is 21.4 Å². The van der Waals surface area contributed by atoms with Crippen LogP contribution in [0.1, 0.15) is 78.7 Å². The number of hydrogen-bond acceptors (Lipinski definition) is 7. The molecule has 0 atom stereocenters. The summed E-state index contributed by atoms with van der Waals surface area (Å²) in [5.41, 5.74) is 1.15. The van der Waals surface area contributed by atoms with Crippen LogP contribution >= 0.6 is 0 Å². The SMILES string of the molecule is CCCc1c(OCCCS(=O)(=O)c2ccc(C(=O)CCCCC(=O)O)cc2)ccc(C(C)=O)c1O. The molecule has 2 aromatic rings. The maximum atomic E-state index is 12.7. The summed E-state index contributed by atoms with van der Waals surface area (Å²) in [5.74, 6) is -1.13. The molecule has 0 radical (unpaired) electrons. The average Bonchev–Trinajstić information content (AvgIpc) is 2.81. The summed E-state index contributed by atoms with van der Waals surface area (Å²) in [6, 6.07) is 8.86. The number of Topliss-reactive ketones (excluding diaryl/α,β-unsaturated/α-hetero) is 2. The van der Waals surface area contributed by atoms with Gasteiger partial charge in [-0.05, 0) is 56.9 Å². The van der Waals surface area contributed by atoms with Crippen LogP contribution in [-0.4, -0.2) is 48.5 Å². The van der Waals surface area contributed by atoms with Crippen LogP contribution in [0.25, 0.3) is 0 Å². The van der Waals surface area contributed by atoms with E-state index >= 15 is 0 Å². The number of benzene rings is 2.